The van der Waals surface area contributed by atoms with Gasteiger partial charge in [0.25, 0.3) is 5.22 Å². The van der Waals surface area contributed by atoms with Crippen LogP contribution in [0.2, 0.25) is 0 Å². The topological polar surface area (TPSA) is 52.3 Å². The highest BCUT2D eigenvalue weighted by Crippen LogP contribution is 2.35. The third kappa shape index (κ3) is 4.76. The second-order valence-corrected chi connectivity index (χ2v) is 7.69. The number of carbonyl (C=O) groups is 1. The molecule has 0 bridgehead atoms. The van der Waals surface area contributed by atoms with Gasteiger partial charge in [-0.05, 0) is 20.8 Å². The number of aromatic nitrogens is 1. The van der Waals surface area contributed by atoms with E-state index in [0.717, 1.165) is 16.8 Å². The Morgan fingerprint density at radius 3 is 2.15 bits per heavy atom. The summed E-state index contributed by atoms with van der Waals surface area (Å²) in [5.74, 6) is 0.562. The van der Waals surface area contributed by atoms with E-state index in [1.165, 1.54) is 11.8 Å². The van der Waals surface area contributed by atoms with Crippen molar-refractivity contribution in [3.8, 4) is 22.6 Å². The Bertz CT molecular complexity index is 810. The van der Waals surface area contributed by atoms with Crippen molar-refractivity contribution in [3.05, 3.63) is 60.7 Å². The van der Waals surface area contributed by atoms with Gasteiger partial charge in [0.05, 0.1) is 0 Å². The molecule has 0 saturated carbocycles. The van der Waals surface area contributed by atoms with Crippen LogP contribution in [0, 0.1) is 0 Å². The lowest BCUT2D eigenvalue weighted by atomic mass is 10.1. The molecular weight excluding hydrogens is 346 g/mol. The van der Waals surface area contributed by atoms with Gasteiger partial charge in [0.1, 0.15) is 17.0 Å². The van der Waals surface area contributed by atoms with E-state index in [-0.39, 0.29) is 11.7 Å². The molecule has 3 aromatic rings. The van der Waals surface area contributed by atoms with Crippen LogP contribution in [0.1, 0.15) is 20.8 Å². The van der Waals surface area contributed by atoms with Crippen molar-refractivity contribution < 1.29 is 13.9 Å². The molecule has 1 heterocycles. The van der Waals surface area contributed by atoms with Gasteiger partial charge in [0, 0.05) is 11.1 Å². The van der Waals surface area contributed by atoms with E-state index in [2.05, 4.69) is 4.98 Å². The first-order valence-electron chi connectivity index (χ1n) is 8.39. The lowest BCUT2D eigenvalue weighted by molar-refractivity contribution is -0.151. The zero-order chi connectivity index (χ0) is 18.6. The van der Waals surface area contributed by atoms with Crippen LogP contribution >= 0.6 is 11.8 Å². The first kappa shape index (κ1) is 18.3. The van der Waals surface area contributed by atoms with Crippen molar-refractivity contribution in [1.29, 1.82) is 0 Å². The van der Waals surface area contributed by atoms with E-state index in [1.807, 2.05) is 81.4 Å². The van der Waals surface area contributed by atoms with Gasteiger partial charge in [-0.3, -0.25) is 4.79 Å². The lowest BCUT2D eigenvalue weighted by Gasteiger charge is -2.18. The molecule has 4 nitrogen and oxygen atoms in total. The largest absolute Gasteiger partial charge is 0.459 e. The molecule has 26 heavy (non-hydrogen) atoms. The van der Waals surface area contributed by atoms with Crippen molar-refractivity contribution in [2.24, 2.45) is 0 Å². The summed E-state index contributed by atoms with van der Waals surface area (Å²) in [5.41, 5.74) is 2.18. The number of hydrogen-bond donors (Lipinski definition) is 0. The van der Waals surface area contributed by atoms with Crippen molar-refractivity contribution in [2.45, 2.75) is 31.6 Å². The third-order valence-electron chi connectivity index (χ3n) is 3.42. The highest BCUT2D eigenvalue weighted by molar-refractivity contribution is 7.99. The Labute approximate surface area is 157 Å². The van der Waals surface area contributed by atoms with E-state index in [9.17, 15) is 4.79 Å². The molecule has 5 heteroatoms. The molecule has 0 amide bonds. The van der Waals surface area contributed by atoms with Crippen LogP contribution in [0.15, 0.2) is 70.3 Å². The van der Waals surface area contributed by atoms with Gasteiger partial charge in [-0.1, -0.05) is 72.4 Å². The summed E-state index contributed by atoms with van der Waals surface area (Å²) in [6.07, 6.45) is 0. The monoisotopic (exact) mass is 367 g/mol. The molecule has 0 N–H and O–H groups in total. The minimum absolute atomic E-state index is 0.153. The normalized spacial score (nSPS) is 11.3. The number of nitrogens with zero attached hydrogens (tertiary/aromatic N) is 1. The van der Waals surface area contributed by atoms with E-state index < -0.39 is 5.60 Å². The SMILES string of the molecule is CC(C)(C)OC(=O)CSc1nc(-c2ccccc2)c(-c2ccccc2)o1. The Hall–Kier alpha value is -2.53. The van der Waals surface area contributed by atoms with Crippen LogP contribution < -0.4 is 0 Å². The average molecular weight is 367 g/mol. The Balaban J connectivity index is 1.86. The molecular formula is C21H21NO3S. The molecule has 0 aliphatic heterocycles. The number of thioether (sulfide) groups is 1. The minimum Gasteiger partial charge on any atom is -0.459 e. The smallest absolute Gasteiger partial charge is 0.316 e. The number of hydrogen-bond acceptors (Lipinski definition) is 5. The van der Waals surface area contributed by atoms with Gasteiger partial charge in [-0.25, -0.2) is 4.98 Å². The molecule has 0 aliphatic carbocycles. The number of ether oxygens (including phenoxy) is 1. The first-order chi connectivity index (χ1) is 12.4. The van der Waals surface area contributed by atoms with Gasteiger partial charge >= 0.3 is 5.97 Å². The van der Waals surface area contributed by atoms with Crippen LogP contribution in [-0.2, 0) is 9.53 Å². The number of rotatable bonds is 5. The number of esters is 1. The zero-order valence-corrected chi connectivity index (χ0v) is 15.9. The summed E-state index contributed by atoms with van der Waals surface area (Å²) in [7, 11) is 0. The molecule has 0 aliphatic rings. The second-order valence-electron chi connectivity index (χ2n) is 6.76. The standard InChI is InChI=1S/C21H21NO3S/c1-21(2,3)25-17(23)14-26-20-22-18(15-10-6-4-7-11-15)19(24-20)16-12-8-5-9-13-16/h4-13H,14H2,1-3H3. The van der Waals surface area contributed by atoms with Crippen LogP contribution in [-0.4, -0.2) is 22.3 Å². The van der Waals surface area contributed by atoms with E-state index in [4.69, 9.17) is 9.15 Å². The number of oxazole rings is 1. The average Bonchev–Trinajstić information content (AvgIpc) is 3.04. The van der Waals surface area contributed by atoms with Gasteiger partial charge in [0.2, 0.25) is 0 Å². The summed E-state index contributed by atoms with van der Waals surface area (Å²) in [6, 6.07) is 19.7. The summed E-state index contributed by atoms with van der Waals surface area (Å²) in [5, 5.41) is 0.452. The Kier molecular flexibility index (Phi) is 5.47. The van der Waals surface area contributed by atoms with Gasteiger partial charge in [-0.15, -0.1) is 0 Å². The second kappa shape index (κ2) is 7.79. The van der Waals surface area contributed by atoms with Crippen LogP contribution in [0.3, 0.4) is 0 Å². The van der Waals surface area contributed by atoms with Gasteiger partial charge < -0.3 is 9.15 Å². The maximum absolute atomic E-state index is 12.0. The summed E-state index contributed by atoms with van der Waals surface area (Å²) >= 11 is 1.24. The van der Waals surface area contributed by atoms with Crippen molar-refractivity contribution >= 4 is 17.7 Å². The van der Waals surface area contributed by atoms with Gasteiger partial charge in [-0.2, -0.15) is 0 Å². The molecule has 1 aromatic heterocycles. The molecule has 0 atom stereocenters. The maximum atomic E-state index is 12.0. The summed E-state index contributed by atoms with van der Waals surface area (Å²) in [4.78, 5) is 16.6. The maximum Gasteiger partial charge on any atom is 0.316 e. The predicted molar refractivity (Wildman–Crippen MR) is 104 cm³/mol. The molecule has 2 aromatic carbocycles. The highest BCUT2D eigenvalue weighted by Gasteiger charge is 2.20. The fourth-order valence-corrected chi connectivity index (χ4v) is 3.03. The minimum atomic E-state index is -0.501. The van der Waals surface area contributed by atoms with Crippen LogP contribution in [0.25, 0.3) is 22.6 Å². The molecule has 0 spiro atoms. The van der Waals surface area contributed by atoms with E-state index >= 15 is 0 Å². The third-order valence-corrected chi connectivity index (χ3v) is 4.23. The Morgan fingerprint density at radius 1 is 1.00 bits per heavy atom. The molecule has 0 fully saturated rings. The summed E-state index contributed by atoms with van der Waals surface area (Å²) < 4.78 is 11.3. The summed E-state index contributed by atoms with van der Waals surface area (Å²) in [6.45, 7) is 5.55. The molecule has 134 valence electrons. The zero-order valence-electron chi connectivity index (χ0n) is 15.1. The fraction of sp³-hybridized carbons (Fsp3) is 0.238. The van der Waals surface area contributed by atoms with Crippen molar-refractivity contribution in [3.63, 3.8) is 0 Å². The van der Waals surface area contributed by atoms with E-state index in [1.54, 1.807) is 0 Å². The number of benzene rings is 2. The van der Waals surface area contributed by atoms with Crippen molar-refractivity contribution in [2.75, 3.05) is 5.75 Å². The molecule has 0 radical (unpaired) electrons. The molecule has 3 rings (SSSR count). The molecule has 0 saturated heterocycles. The van der Waals surface area contributed by atoms with Crippen molar-refractivity contribution in [1.82, 2.24) is 4.98 Å². The lowest BCUT2D eigenvalue weighted by Crippen LogP contribution is -2.24. The van der Waals surface area contributed by atoms with E-state index in [0.29, 0.717) is 11.0 Å². The first-order valence-corrected chi connectivity index (χ1v) is 9.37. The Morgan fingerprint density at radius 2 is 1.58 bits per heavy atom. The predicted octanol–water partition coefficient (Wildman–Crippen LogP) is 5.44. The van der Waals surface area contributed by atoms with Crippen LogP contribution in [0.4, 0.5) is 0 Å². The van der Waals surface area contributed by atoms with Gasteiger partial charge in [0.15, 0.2) is 5.76 Å². The molecule has 0 unspecified atom stereocenters. The number of carbonyl (C=O) groups excluding carboxylic acids is 1. The quantitative estimate of drug-likeness (QED) is 0.444. The fourth-order valence-electron chi connectivity index (χ4n) is 2.43. The highest BCUT2D eigenvalue weighted by atomic mass is 32.2. The van der Waals surface area contributed by atoms with Crippen LogP contribution in [0.5, 0.6) is 0 Å².